The predicted molar refractivity (Wildman–Crippen MR) is 68.1 cm³/mol. The first-order chi connectivity index (χ1) is 8.23. The van der Waals surface area contributed by atoms with Gasteiger partial charge in [-0.1, -0.05) is 44.9 Å². The molecule has 0 saturated heterocycles. The summed E-state index contributed by atoms with van der Waals surface area (Å²) in [5.41, 5.74) is -0.604. The lowest BCUT2D eigenvalue weighted by atomic mass is 9.80. The molecule has 0 amide bonds. The lowest BCUT2D eigenvalue weighted by Gasteiger charge is -2.37. The Labute approximate surface area is 104 Å². The molecule has 0 aliphatic heterocycles. The van der Waals surface area contributed by atoms with Gasteiger partial charge >= 0.3 is 5.97 Å². The van der Waals surface area contributed by atoms with E-state index >= 15 is 0 Å². The van der Waals surface area contributed by atoms with Crippen LogP contribution in [0.1, 0.15) is 70.6 Å². The third-order valence-electron chi connectivity index (χ3n) is 4.45. The van der Waals surface area contributed by atoms with E-state index in [1.807, 2.05) is 0 Å². The van der Waals surface area contributed by atoms with Crippen molar-refractivity contribution in [1.82, 2.24) is 5.32 Å². The maximum atomic E-state index is 11.6. The standard InChI is InChI=1S/C14H25NO2/c16-13(17)14(10-6-3-7-11-14)15-12-8-4-1-2-5-9-12/h12,15H,1-11H2,(H,16,17). The van der Waals surface area contributed by atoms with Crippen LogP contribution in [0, 0.1) is 0 Å². The molecular formula is C14H25NO2. The number of nitrogens with one attached hydrogen (secondary N) is 1. The number of hydrogen-bond acceptors (Lipinski definition) is 2. The highest BCUT2D eigenvalue weighted by atomic mass is 16.4. The van der Waals surface area contributed by atoms with Crippen LogP contribution in [0.2, 0.25) is 0 Å². The predicted octanol–water partition coefficient (Wildman–Crippen LogP) is 3.09. The van der Waals surface area contributed by atoms with E-state index in [2.05, 4.69) is 5.32 Å². The molecular weight excluding hydrogens is 214 g/mol. The Balaban J connectivity index is 1.98. The minimum atomic E-state index is -0.624. The van der Waals surface area contributed by atoms with Crippen molar-refractivity contribution in [3.8, 4) is 0 Å². The van der Waals surface area contributed by atoms with Crippen molar-refractivity contribution >= 4 is 5.97 Å². The summed E-state index contributed by atoms with van der Waals surface area (Å²) >= 11 is 0. The van der Waals surface area contributed by atoms with Gasteiger partial charge in [0.2, 0.25) is 0 Å². The SMILES string of the molecule is O=C(O)C1(NC2CCCCCC2)CCCCC1. The molecule has 0 aromatic heterocycles. The van der Waals surface area contributed by atoms with Gasteiger partial charge in [-0.15, -0.1) is 0 Å². The molecule has 2 aliphatic rings. The van der Waals surface area contributed by atoms with E-state index in [1.165, 1.54) is 32.1 Å². The fraction of sp³-hybridized carbons (Fsp3) is 0.929. The second-order valence-electron chi connectivity index (χ2n) is 5.78. The Morgan fingerprint density at radius 2 is 1.47 bits per heavy atom. The minimum absolute atomic E-state index is 0.437. The van der Waals surface area contributed by atoms with Crippen LogP contribution in [0.3, 0.4) is 0 Å². The first kappa shape index (κ1) is 12.9. The van der Waals surface area contributed by atoms with E-state index < -0.39 is 11.5 Å². The first-order valence-corrected chi connectivity index (χ1v) is 7.24. The Hall–Kier alpha value is -0.570. The third-order valence-corrected chi connectivity index (χ3v) is 4.45. The number of carbonyl (C=O) groups is 1. The van der Waals surface area contributed by atoms with E-state index in [1.54, 1.807) is 0 Å². The summed E-state index contributed by atoms with van der Waals surface area (Å²) in [5, 5.41) is 13.0. The zero-order chi connectivity index (χ0) is 12.1. The largest absolute Gasteiger partial charge is 0.480 e. The third kappa shape index (κ3) is 3.21. The van der Waals surface area contributed by atoms with Gasteiger partial charge in [-0.05, 0) is 25.7 Å². The van der Waals surface area contributed by atoms with Crippen LogP contribution < -0.4 is 5.32 Å². The molecule has 0 spiro atoms. The minimum Gasteiger partial charge on any atom is -0.480 e. The topological polar surface area (TPSA) is 49.3 Å². The molecule has 17 heavy (non-hydrogen) atoms. The Morgan fingerprint density at radius 3 is 2.00 bits per heavy atom. The normalized spacial score (nSPS) is 26.4. The number of hydrogen-bond donors (Lipinski definition) is 2. The van der Waals surface area contributed by atoms with Crippen LogP contribution in [-0.2, 0) is 4.79 Å². The Bertz CT molecular complexity index is 251. The molecule has 0 aromatic rings. The molecule has 2 saturated carbocycles. The van der Waals surface area contributed by atoms with E-state index in [0.29, 0.717) is 6.04 Å². The van der Waals surface area contributed by atoms with Gasteiger partial charge in [0.15, 0.2) is 0 Å². The quantitative estimate of drug-likeness (QED) is 0.744. The molecule has 3 nitrogen and oxygen atoms in total. The average Bonchev–Trinajstić information content (AvgIpc) is 2.59. The smallest absolute Gasteiger partial charge is 0.323 e. The van der Waals surface area contributed by atoms with Crippen molar-refractivity contribution in [1.29, 1.82) is 0 Å². The Kier molecular flexibility index (Phi) is 4.43. The van der Waals surface area contributed by atoms with E-state index in [4.69, 9.17) is 0 Å². The molecule has 2 aliphatic carbocycles. The zero-order valence-electron chi connectivity index (χ0n) is 10.7. The highest BCUT2D eigenvalue weighted by molar-refractivity contribution is 5.79. The van der Waals surface area contributed by atoms with Crippen molar-refractivity contribution in [3.05, 3.63) is 0 Å². The summed E-state index contributed by atoms with van der Waals surface area (Å²) in [7, 11) is 0. The maximum Gasteiger partial charge on any atom is 0.323 e. The average molecular weight is 239 g/mol. The van der Waals surface area contributed by atoms with Gasteiger partial charge < -0.3 is 5.11 Å². The molecule has 2 fully saturated rings. The second kappa shape index (κ2) is 5.85. The molecule has 0 atom stereocenters. The fourth-order valence-corrected chi connectivity index (χ4v) is 3.39. The van der Waals surface area contributed by atoms with E-state index in [9.17, 15) is 9.90 Å². The maximum absolute atomic E-state index is 11.6. The second-order valence-corrected chi connectivity index (χ2v) is 5.78. The zero-order valence-corrected chi connectivity index (χ0v) is 10.7. The monoisotopic (exact) mass is 239 g/mol. The molecule has 0 radical (unpaired) electrons. The van der Waals surface area contributed by atoms with Crippen LogP contribution in [-0.4, -0.2) is 22.7 Å². The molecule has 2 N–H and O–H groups in total. The number of aliphatic carboxylic acids is 1. The summed E-state index contributed by atoms with van der Waals surface area (Å²) in [4.78, 5) is 11.6. The first-order valence-electron chi connectivity index (χ1n) is 7.24. The van der Waals surface area contributed by atoms with Gasteiger partial charge in [-0.3, -0.25) is 10.1 Å². The number of carboxylic acids is 1. The van der Waals surface area contributed by atoms with E-state index in [0.717, 1.165) is 38.5 Å². The summed E-state index contributed by atoms with van der Waals surface area (Å²) in [5.74, 6) is -0.624. The molecule has 0 heterocycles. The van der Waals surface area contributed by atoms with Crippen molar-refractivity contribution in [2.45, 2.75) is 82.2 Å². The highest BCUT2D eigenvalue weighted by Gasteiger charge is 2.40. The summed E-state index contributed by atoms with van der Waals surface area (Å²) in [6.07, 6.45) is 12.4. The van der Waals surface area contributed by atoms with Gasteiger partial charge in [0, 0.05) is 6.04 Å². The summed E-state index contributed by atoms with van der Waals surface area (Å²) in [6, 6.07) is 0.437. The lowest BCUT2D eigenvalue weighted by molar-refractivity contribution is -0.147. The van der Waals surface area contributed by atoms with E-state index in [-0.39, 0.29) is 0 Å². The van der Waals surface area contributed by atoms with Gasteiger partial charge in [0.1, 0.15) is 5.54 Å². The summed E-state index contributed by atoms with van der Waals surface area (Å²) < 4.78 is 0. The van der Waals surface area contributed by atoms with Crippen LogP contribution >= 0.6 is 0 Å². The van der Waals surface area contributed by atoms with Crippen LogP contribution in [0.25, 0.3) is 0 Å². The molecule has 0 aromatic carbocycles. The van der Waals surface area contributed by atoms with Gasteiger partial charge in [-0.2, -0.15) is 0 Å². The highest BCUT2D eigenvalue weighted by Crippen LogP contribution is 2.30. The van der Waals surface area contributed by atoms with Gasteiger partial charge in [0.05, 0.1) is 0 Å². The Morgan fingerprint density at radius 1 is 0.941 bits per heavy atom. The van der Waals surface area contributed by atoms with Crippen LogP contribution in [0.5, 0.6) is 0 Å². The van der Waals surface area contributed by atoms with Crippen molar-refractivity contribution < 1.29 is 9.90 Å². The fourth-order valence-electron chi connectivity index (χ4n) is 3.39. The molecule has 2 rings (SSSR count). The van der Waals surface area contributed by atoms with Gasteiger partial charge in [0.25, 0.3) is 0 Å². The van der Waals surface area contributed by atoms with Crippen molar-refractivity contribution in [3.63, 3.8) is 0 Å². The molecule has 98 valence electrons. The lowest BCUT2D eigenvalue weighted by Crippen LogP contribution is -2.56. The van der Waals surface area contributed by atoms with Crippen LogP contribution in [0.4, 0.5) is 0 Å². The number of rotatable bonds is 3. The van der Waals surface area contributed by atoms with Gasteiger partial charge in [-0.25, -0.2) is 0 Å². The molecule has 3 heteroatoms. The summed E-state index contributed by atoms with van der Waals surface area (Å²) in [6.45, 7) is 0. The molecule has 0 unspecified atom stereocenters. The number of carboxylic acid groups (broad SMARTS) is 1. The van der Waals surface area contributed by atoms with Crippen molar-refractivity contribution in [2.24, 2.45) is 0 Å². The molecule has 0 bridgehead atoms. The van der Waals surface area contributed by atoms with Crippen LogP contribution in [0.15, 0.2) is 0 Å². The van der Waals surface area contributed by atoms with Crippen molar-refractivity contribution in [2.75, 3.05) is 0 Å².